The van der Waals surface area contributed by atoms with Gasteiger partial charge in [-0.25, -0.2) is 9.97 Å². The number of carbonyl (C=O) groups excluding carboxylic acids is 1. The number of piperidine rings is 1. The van der Waals surface area contributed by atoms with Crippen LogP contribution < -0.4 is 4.90 Å². The number of hydrogen-bond donors (Lipinski definition) is 0. The van der Waals surface area contributed by atoms with Crippen molar-refractivity contribution < 1.29 is 4.79 Å². The van der Waals surface area contributed by atoms with Gasteiger partial charge in [-0.05, 0) is 63.3 Å². The van der Waals surface area contributed by atoms with Crippen LogP contribution in [0.1, 0.15) is 36.9 Å². The van der Waals surface area contributed by atoms with E-state index in [2.05, 4.69) is 35.0 Å². The van der Waals surface area contributed by atoms with E-state index < -0.39 is 0 Å². The highest BCUT2D eigenvalue weighted by Crippen LogP contribution is 2.32. The molecule has 132 valence electrons. The van der Waals surface area contributed by atoms with Crippen molar-refractivity contribution >= 4 is 22.8 Å². The molecule has 2 fully saturated rings. The van der Waals surface area contributed by atoms with E-state index in [0.29, 0.717) is 17.9 Å². The van der Waals surface area contributed by atoms with E-state index in [4.69, 9.17) is 4.98 Å². The van der Waals surface area contributed by atoms with Gasteiger partial charge in [-0.1, -0.05) is 0 Å². The smallest absolute Gasteiger partial charge is 0.225 e. The lowest BCUT2D eigenvalue weighted by Crippen LogP contribution is -2.46. The minimum atomic E-state index is 0.308. The molecule has 1 saturated carbocycles. The number of pyridine rings is 2. The summed E-state index contributed by atoms with van der Waals surface area (Å²) in [7, 11) is 1.98. The Labute approximate surface area is 149 Å². The second-order valence-electron chi connectivity index (χ2n) is 7.56. The lowest BCUT2D eigenvalue weighted by Gasteiger charge is -2.37. The highest BCUT2D eigenvalue weighted by Gasteiger charge is 2.35. The maximum absolute atomic E-state index is 12.3. The van der Waals surface area contributed by atoms with Crippen molar-refractivity contribution in [3.8, 4) is 0 Å². The first kappa shape index (κ1) is 16.3. The van der Waals surface area contributed by atoms with Crippen LogP contribution in [0.15, 0.2) is 18.2 Å². The zero-order valence-electron chi connectivity index (χ0n) is 15.3. The van der Waals surface area contributed by atoms with Gasteiger partial charge in [0.2, 0.25) is 5.91 Å². The molecule has 2 aromatic heterocycles. The van der Waals surface area contributed by atoms with Crippen LogP contribution in [-0.4, -0.2) is 47.0 Å². The van der Waals surface area contributed by atoms with Crippen LogP contribution in [0.4, 0.5) is 5.82 Å². The van der Waals surface area contributed by atoms with Crippen molar-refractivity contribution in [2.24, 2.45) is 5.92 Å². The molecule has 4 rings (SSSR count). The lowest BCUT2D eigenvalue weighted by atomic mass is 10.0. The van der Waals surface area contributed by atoms with Crippen LogP contribution >= 0.6 is 0 Å². The molecule has 0 N–H and O–H groups in total. The largest absolute Gasteiger partial charge is 0.356 e. The molecule has 0 spiro atoms. The van der Waals surface area contributed by atoms with Crippen molar-refractivity contribution in [1.82, 2.24) is 14.9 Å². The Morgan fingerprint density at radius 3 is 2.52 bits per heavy atom. The molecule has 3 heterocycles. The van der Waals surface area contributed by atoms with E-state index in [0.717, 1.165) is 61.3 Å². The lowest BCUT2D eigenvalue weighted by molar-refractivity contribution is -0.133. The Morgan fingerprint density at radius 2 is 1.84 bits per heavy atom. The number of aromatic nitrogens is 2. The number of anilines is 1. The molecule has 5 heteroatoms. The Morgan fingerprint density at radius 1 is 1.12 bits per heavy atom. The summed E-state index contributed by atoms with van der Waals surface area (Å²) in [5.74, 6) is 1.65. The molecule has 1 saturated heterocycles. The first-order chi connectivity index (χ1) is 12.0. The first-order valence-corrected chi connectivity index (χ1v) is 9.29. The fraction of sp³-hybridized carbons (Fsp3) is 0.550. The van der Waals surface area contributed by atoms with Gasteiger partial charge >= 0.3 is 0 Å². The van der Waals surface area contributed by atoms with E-state index in [9.17, 15) is 4.79 Å². The van der Waals surface area contributed by atoms with Gasteiger partial charge in [-0.3, -0.25) is 4.79 Å². The van der Waals surface area contributed by atoms with Crippen molar-refractivity contribution in [2.75, 3.05) is 25.0 Å². The second-order valence-corrected chi connectivity index (χ2v) is 7.56. The summed E-state index contributed by atoms with van der Waals surface area (Å²) in [5, 5.41) is 1.12. The molecule has 25 heavy (non-hydrogen) atoms. The Hall–Kier alpha value is -2.17. The summed E-state index contributed by atoms with van der Waals surface area (Å²) in [6.07, 6.45) is 4.17. The maximum atomic E-state index is 12.3. The molecule has 5 nitrogen and oxygen atoms in total. The summed E-state index contributed by atoms with van der Waals surface area (Å²) in [6.45, 7) is 6.00. The second kappa shape index (κ2) is 6.28. The molecule has 0 radical (unpaired) electrons. The zero-order valence-corrected chi connectivity index (χ0v) is 15.3. The minimum absolute atomic E-state index is 0.308. The van der Waals surface area contributed by atoms with Crippen LogP contribution in [0.3, 0.4) is 0 Å². The minimum Gasteiger partial charge on any atom is -0.356 e. The fourth-order valence-corrected chi connectivity index (χ4v) is 3.88. The van der Waals surface area contributed by atoms with Gasteiger partial charge in [0.05, 0.1) is 0 Å². The third-order valence-electron chi connectivity index (χ3n) is 5.60. The van der Waals surface area contributed by atoms with Gasteiger partial charge in [0.15, 0.2) is 5.65 Å². The summed E-state index contributed by atoms with van der Waals surface area (Å²) in [4.78, 5) is 26.0. The van der Waals surface area contributed by atoms with Crippen molar-refractivity contribution in [3.05, 3.63) is 29.5 Å². The Bertz CT molecular complexity index is 807. The summed E-state index contributed by atoms with van der Waals surface area (Å²) in [6, 6.07) is 6.70. The van der Waals surface area contributed by atoms with Crippen LogP contribution in [0.5, 0.6) is 0 Å². The average Bonchev–Trinajstić information content (AvgIpc) is 3.45. The van der Waals surface area contributed by atoms with E-state index >= 15 is 0 Å². The summed E-state index contributed by atoms with van der Waals surface area (Å²) >= 11 is 0. The standard InChI is InChI=1S/C20H26N4O/c1-13-12-14(2)21-19-17(13)6-7-18(22-19)24-10-8-16(9-11-24)23(3)20(25)15-4-5-15/h6-7,12,15-16H,4-5,8-11H2,1-3H3. The predicted molar refractivity (Wildman–Crippen MR) is 99.7 cm³/mol. The van der Waals surface area contributed by atoms with E-state index in [1.165, 1.54) is 5.56 Å². The zero-order chi connectivity index (χ0) is 17.6. The van der Waals surface area contributed by atoms with Crippen LogP contribution in [0.25, 0.3) is 11.0 Å². The maximum Gasteiger partial charge on any atom is 0.225 e. The number of fused-ring (bicyclic) bond motifs is 1. The molecule has 0 bridgehead atoms. The number of carbonyl (C=O) groups is 1. The van der Waals surface area contributed by atoms with Crippen LogP contribution in [0.2, 0.25) is 0 Å². The summed E-state index contributed by atoms with van der Waals surface area (Å²) < 4.78 is 0. The molecular weight excluding hydrogens is 312 g/mol. The number of rotatable bonds is 3. The first-order valence-electron chi connectivity index (χ1n) is 9.29. The van der Waals surface area contributed by atoms with Crippen LogP contribution in [0, 0.1) is 19.8 Å². The molecule has 2 aromatic rings. The molecular formula is C20H26N4O. The van der Waals surface area contributed by atoms with Gasteiger partial charge in [0.1, 0.15) is 5.82 Å². The van der Waals surface area contributed by atoms with Gasteiger partial charge < -0.3 is 9.80 Å². The Balaban J connectivity index is 1.47. The number of hydrogen-bond acceptors (Lipinski definition) is 4. The van der Waals surface area contributed by atoms with Gasteiger partial charge in [-0.2, -0.15) is 0 Å². The quantitative estimate of drug-likeness (QED) is 0.863. The highest BCUT2D eigenvalue weighted by molar-refractivity contribution is 5.81. The SMILES string of the molecule is Cc1cc(C)c2ccc(N3CCC(N(C)C(=O)C4CC4)CC3)nc2n1. The van der Waals surface area contributed by atoms with Gasteiger partial charge in [0.25, 0.3) is 0 Å². The van der Waals surface area contributed by atoms with E-state index in [1.54, 1.807) is 0 Å². The number of aryl methyl sites for hydroxylation is 2. The van der Waals surface area contributed by atoms with Gasteiger partial charge in [0, 0.05) is 43.2 Å². The normalized spacial score (nSPS) is 18.6. The molecule has 1 aliphatic heterocycles. The molecule has 1 aliphatic carbocycles. The fourth-order valence-electron chi connectivity index (χ4n) is 3.88. The predicted octanol–water partition coefficient (Wildman–Crippen LogP) is 3.08. The van der Waals surface area contributed by atoms with Crippen molar-refractivity contribution in [2.45, 2.75) is 45.6 Å². The van der Waals surface area contributed by atoms with Gasteiger partial charge in [-0.15, -0.1) is 0 Å². The van der Waals surface area contributed by atoms with E-state index in [1.807, 2.05) is 18.9 Å². The van der Waals surface area contributed by atoms with E-state index in [-0.39, 0.29) is 0 Å². The number of amides is 1. The molecule has 0 atom stereocenters. The molecule has 2 aliphatic rings. The monoisotopic (exact) mass is 338 g/mol. The topological polar surface area (TPSA) is 49.3 Å². The number of nitrogens with zero attached hydrogens (tertiary/aromatic N) is 4. The molecule has 0 aromatic carbocycles. The van der Waals surface area contributed by atoms with Crippen molar-refractivity contribution in [3.63, 3.8) is 0 Å². The molecule has 1 amide bonds. The molecule has 0 unspecified atom stereocenters. The third-order valence-corrected chi connectivity index (χ3v) is 5.60. The average molecular weight is 338 g/mol. The van der Waals surface area contributed by atoms with Crippen molar-refractivity contribution in [1.29, 1.82) is 0 Å². The third kappa shape index (κ3) is 3.20. The van der Waals surface area contributed by atoms with Crippen LogP contribution in [-0.2, 0) is 4.79 Å². The highest BCUT2D eigenvalue weighted by atomic mass is 16.2. The Kier molecular flexibility index (Phi) is 4.10. The summed E-state index contributed by atoms with van der Waals surface area (Å²) in [5.41, 5.74) is 3.06.